The Morgan fingerprint density at radius 1 is 1.36 bits per heavy atom. The van der Waals surface area contributed by atoms with Crippen LogP contribution in [0.1, 0.15) is 38.3 Å². The fraction of sp³-hybridized carbons (Fsp3) is 0.529. The predicted octanol–water partition coefficient (Wildman–Crippen LogP) is 2.15. The van der Waals surface area contributed by atoms with Gasteiger partial charge >= 0.3 is 0 Å². The Morgan fingerprint density at radius 2 is 1.96 bits per heavy atom. The first-order valence-corrected chi connectivity index (χ1v) is 8.04. The topological polar surface area (TPSA) is 75.4 Å². The van der Waals surface area contributed by atoms with Crippen LogP contribution >= 0.6 is 12.4 Å². The fourth-order valence-corrected chi connectivity index (χ4v) is 3.27. The maximum atomic E-state index is 14.0. The van der Waals surface area contributed by atoms with Crippen LogP contribution in [0, 0.1) is 17.6 Å². The number of carbonyl (C=O) groups is 2. The normalized spacial score (nSPS) is 20.8. The summed E-state index contributed by atoms with van der Waals surface area (Å²) in [5.41, 5.74) is 5.37. The molecule has 140 valence electrons. The molecule has 0 bridgehead atoms. The molecule has 1 aromatic rings. The summed E-state index contributed by atoms with van der Waals surface area (Å²) < 4.78 is 28.1. The molecule has 1 aliphatic rings. The number of carbonyl (C=O) groups excluding carboxylic acids is 2. The van der Waals surface area contributed by atoms with E-state index in [-0.39, 0.29) is 42.3 Å². The number of likely N-dealkylation sites (tertiary alicyclic amines) is 1. The summed E-state index contributed by atoms with van der Waals surface area (Å²) >= 11 is 0. The number of rotatable bonds is 5. The number of hydrogen-bond donors (Lipinski definition) is 2. The Kier molecular flexibility index (Phi) is 7.76. The average Bonchev–Trinajstić information content (AvgIpc) is 2.87. The van der Waals surface area contributed by atoms with Crippen LogP contribution in [0.5, 0.6) is 0 Å². The van der Waals surface area contributed by atoms with Gasteiger partial charge in [0.2, 0.25) is 11.8 Å². The van der Waals surface area contributed by atoms with Crippen molar-refractivity contribution < 1.29 is 18.4 Å². The SMILES string of the molecule is CC(=O)NC(CC(=O)N1CC(CN)CC1C)c1c(F)cccc1F.Cl. The number of benzene rings is 1. The van der Waals surface area contributed by atoms with E-state index in [9.17, 15) is 18.4 Å². The first-order chi connectivity index (χ1) is 11.3. The highest BCUT2D eigenvalue weighted by Gasteiger charge is 2.33. The van der Waals surface area contributed by atoms with Crippen molar-refractivity contribution >= 4 is 24.2 Å². The van der Waals surface area contributed by atoms with Crippen LogP contribution in [0.2, 0.25) is 0 Å². The number of nitrogens with one attached hydrogen (secondary N) is 1. The lowest BCUT2D eigenvalue weighted by Gasteiger charge is -2.25. The van der Waals surface area contributed by atoms with Crippen LogP contribution in [0.3, 0.4) is 0 Å². The largest absolute Gasteiger partial charge is 0.349 e. The molecule has 1 aliphatic heterocycles. The molecule has 0 aliphatic carbocycles. The number of hydrogen-bond acceptors (Lipinski definition) is 3. The van der Waals surface area contributed by atoms with E-state index < -0.39 is 23.6 Å². The second-order valence-electron chi connectivity index (χ2n) is 6.33. The van der Waals surface area contributed by atoms with Crippen molar-refractivity contribution in [1.82, 2.24) is 10.2 Å². The van der Waals surface area contributed by atoms with Crippen molar-refractivity contribution in [3.05, 3.63) is 35.4 Å². The maximum Gasteiger partial charge on any atom is 0.225 e. The van der Waals surface area contributed by atoms with E-state index in [2.05, 4.69) is 5.32 Å². The van der Waals surface area contributed by atoms with E-state index in [0.29, 0.717) is 13.1 Å². The maximum absolute atomic E-state index is 14.0. The Balaban J connectivity index is 0.00000312. The third-order valence-corrected chi connectivity index (χ3v) is 4.42. The first kappa shape index (κ1) is 21.3. The van der Waals surface area contributed by atoms with E-state index >= 15 is 0 Å². The molecule has 0 saturated carbocycles. The summed E-state index contributed by atoms with van der Waals surface area (Å²) in [4.78, 5) is 25.7. The van der Waals surface area contributed by atoms with Crippen LogP contribution in [0.4, 0.5) is 8.78 Å². The minimum atomic E-state index is -1.04. The van der Waals surface area contributed by atoms with Gasteiger partial charge in [-0.25, -0.2) is 8.78 Å². The molecule has 25 heavy (non-hydrogen) atoms. The van der Waals surface area contributed by atoms with Gasteiger partial charge < -0.3 is 16.0 Å². The van der Waals surface area contributed by atoms with Gasteiger partial charge in [-0.1, -0.05) is 6.07 Å². The van der Waals surface area contributed by atoms with E-state index in [0.717, 1.165) is 18.6 Å². The molecule has 3 atom stereocenters. The Hall–Kier alpha value is -1.73. The second kappa shape index (κ2) is 9.10. The molecule has 3 unspecified atom stereocenters. The monoisotopic (exact) mass is 375 g/mol. The van der Waals surface area contributed by atoms with Crippen molar-refractivity contribution in [2.75, 3.05) is 13.1 Å². The first-order valence-electron chi connectivity index (χ1n) is 8.04. The van der Waals surface area contributed by atoms with Crippen molar-refractivity contribution in [2.45, 2.75) is 38.8 Å². The van der Waals surface area contributed by atoms with Crippen molar-refractivity contribution in [2.24, 2.45) is 11.7 Å². The van der Waals surface area contributed by atoms with E-state index in [1.54, 1.807) is 4.90 Å². The summed E-state index contributed by atoms with van der Waals surface area (Å²) in [5.74, 6) is -2.04. The van der Waals surface area contributed by atoms with Crippen molar-refractivity contribution in [1.29, 1.82) is 0 Å². The summed E-state index contributed by atoms with van der Waals surface area (Å²) in [5, 5.41) is 2.48. The lowest BCUT2D eigenvalue weighted by atomic mass is 10.0. The Bertz CT molecular complexity index is 610. The quantitative estimate of drug-likeness (QED) is 0.828. The summed E-state index contributed by atoms with van der Waals surface area (Å²) in [6, 6.07) is 2.45. The number of halogens is 3. The second-order valence-corrected chi connectivity index (χ2v) is 6.33. The molecular weight excluding hydrogens is 352 g/mol. The molecule has 1 heterocycles. The minimum Gasteiger partial charge on any atom is -0.349 e. The van der Waals surface area contributed by atoms with Gasteiger partial charge in [-0.15, -0.1) is 12.4 Å². The molecule has 0 radical (unpaired) electrons. The van der Waals surface area contributed by atoms with Crippen LogP contribution in [0.15, 0.2) is 18.2 Å². The summed E-state index contributed by atoms with van der Waals surface area (Å²) in [6.45, 7) is 4.19. The highest BCUT2D eigenvalue weighted by Crippen LogP contribution is 2.28. The molecule has 1 saturated heterocycles. The fourth-order valence-electron chi connectivity index (χ4n) is 3.27. The molecule has 2 rings (SSSR count). The Morgan fingerprint density at radius 3 is 2.44 bits per heavy atom. The average molecular weight is 376 g/mol. The molecule has 1 aromatic carbocycles. The number of nitrogens with two attached hydrogens (primary N) is 1. The predicted molar refractivity (Wildman–Crippen MR) is 93.1 cm³/mol. The Labute approximate surface area is 152 Å². The smallest absolute Gasteiger partial charge is 0.225 e. The molecule has 0 aromatic heterocycles. The van der Waals surface area contributed by atoms with Gasteiger partial charge in [0.05, 0.1) is 12.5 Å². The lowest BCUT2D eigenvalue weighted by Crippen LogP contribution is -2.38. The van der Waals surface area contributed by atoms with Crippen LogP contribution < -0.4 is 11.1 Å². The van der Waals surface area contributed by atoms with E-state index in [1.807, 2.05) is 6.92 Å². The van der Waals surface area contributed by atoms with Gasteiger partial charge in [0.25, 0.3) is 0 Å². The van der Waals surface area contributed by atoms with Gasteiger partial charge in [0.15, 0.2) is 0 Å². The van der Waals surface area contributed by atoms with Gasteiger partial charge in [-0.2, -0.15) is 0 Å². The van der Waals surface area contributed by atoms with Crippen LogP contribution in [-0.2, 0) is 9.59 Å². The molecule has 1 fully saturated rings. The molecule has 3 N–H and O–H groups in total. The lowest BCUT2D eigenvalue weighted by molar-refractivity contribution is -0.132. The highest BCUT2D eigenvalue weighted by molar-refractivity contribution is 5.85. The standard InChI is InChI=1S/C17H23F2N3O2.ClH/c1-10-6-12(8-20)9-22(10)16(24)7-15(21-11(2)23)17-13(18)4-3-5-14(17)19;/h3-5,10,12,15H,6-9,20H2,1-2H3,(H,21,23);1H. The molecule has 8 heteroatoms. The van der Waals surface area contributed by atoms with Gasteiger partial charge in [0.1, 0.15) is 11.6 Å². The molecule has 0 spiro atoms. The van der Waals surface area contributed by atoms with Gasteiger partial charge in [-0.05, 0) is 37.9 Å². The van der Waals surface area contributed by atoms with Crippen molar-refractivity contribution in [3.63, 3.8) is 0 Å². The number of amides is 2. The zero-order chi connectivity index (χ0) is 17.9. The molecule has 2 amide bonds. The zero-order valence-corrected chi connectivity index (χ0v) is 15.1. The summed E-state index contributed by atoms with van der Waals surface area (Å²) in [7, 11) is 0. The number of nitrogens with zero attached hydrogens (tertiary/aromatic N) is 1. The third-order valence-electron chi connectivity index (χ3n) is 4.42. The van der Waals surface area contributed by atoms with Gasteiger partial charge in [0, 0.05) is 25.1 Å². The third kappa shape index (κ3) is 5.12. The zero-order valence-electron chi connectivity index (χ0n) is 14.3. The highest BCUT2D eigenvalue weighted by atomic mass is 35.5. The van der Waals surface area contributed by atoms with Gasteiger partial charge in [-0.3, -0.25) is 9.59 Å². The van der Waals surface area contributed by atoms with E-state index in [1.165, 1.54) is 13.0 Å². The molecule has 5 nitrogen and oxygen atoms in total. The van der Waals surface area contributed by atoms with E-state index in [4.69, 9.17) is 5.73 Å². The van der Waals surface area contributed by atoms with Crippen LogP contribution in [0.25, 0.3) is 0 Å². The van der Waals surface area contributed by atoms with Crippen LogP contribution in [-0.4, -0.2) is 35.8 Å². The molecular formula is C17H24ClF2N3O2. The summed E-state index contributed by atoms with van der Waals surface area (Å²) in [6.07, 6.45) is 0.611. The van der Waals surface area contributed by atoms with Crippen molar-refractivity contribution in [3.8, 4) is 0 Å². The minimum absolute atomic E-state index is 0.